The predicted molar refractivity (Wildman–Crippen MR) is 59.3 cm³/mol. The maximum atomic E-state index is 12.2. The minimum absolute atomic E-state index is 0.0815. The highest BCUT2D eigenvalue weighted by atomic mass is 16.5. The van der Waals surface area contributed by atoms with Crippen LogP contribution < -0.4 is 5.73 Å². The summed E-state index contributed by atoms with van der Waals surface area (Å²) in [6.07, 6.45) is 2.28. The zero-order valence-corrected chi connectivity index (χ0v) is 9.72. The second kappa shape index (κ2) is 4.62. The standard InChI is InChI=1S/C11H18N2O4/c12-11(2-1-3-11)10(16)13-4-5-17-7-8(13)6-9(14)15/h8H,1-7,12H2,(H,14,15). The fourth-order valence-corrected chi connectivity index (χ4v) is 2.35. The number of carboxylic acids is 1. The van der Waals surface area contributed by atoms with Gasteiger partial charge < -0.3 is 20.5 Å². The number of nitrogens with two attached hydrogens (primary N) is 1. The molecule has 6 heteroatoms. The highest BCUT2D eigenvalue weighted by molar-refractivity contribution is 5.87. The van der Waals surface area contributed by atoms with Crippen LogP contribution in [0.2, 0.25) is 0 Å². The number of aliphatic carboxylic acids is 1. The number of amides is 1. The Morgan fingerprint density at radius 2 is 2.18 bits per heavy atom. The van der Waals surface area contributed by atoms with Crippen molar-refractivity contribution in [2.24, 2.45) is 5.73 Å². The number of carbonyl (C=O) groups is 2. The second-order valence-electron chi connectivity index (χ2n) is 4.83. The molecule has 1 saturated carbocycles. The summed E-state index contributed by atoms with van der Waals surface area (Å²) in [5.41, 5.74) is 5.23. The van der Waals surface area contributed by atoms with Gasteiger partial charge in [-0.2, -0.15) is 0 Å². The molecular weight excluding hydrogens is 224 g/mol. The molecule has 1 saturated heterocycles. The Kier molecular flexibility index (Phi) is 3.35. The molecule has 96 valence electrons. The van der Waals surface area contributed by atoms with E-state index in [2.05, 4.69) is 0 Å². The molecule has 0 aromatic carbocycles. The molecule has 1 atom stereocenters. The van der Waals surface area contributed by atoms with Crippen molar-refractivity contribution in [2.75, 3.05) is 19.8 Å². The van der Waals surface area contributed by atoms with Crippen molar-refractivity contribution in [1.29, 1.82) is 0 Å². The first-order chi connectivity index (χ1) is 8.03. The molecule has 2 fully saturated rings. The number of carboxylic acid groups (broad SMARTS) is 1. The van der Waals surface area contributed by atoms with Gasteiger partial charge in [0.05, 0.1) is 31.2 Å². The van der Waals surface area contributed by atoms with Gasteiger partial charge in [-0.3, -0.25) is 9.59 Å². The van der Waals surface area contributed by atoms with E-state index in [4.69, 9.17) is 15.6 Å². The topological polar surface area (TPSA) is 92.9 Å². The van der Waals surface area contributed by atoms with E-state index in [1.807, 2.05) is 0 Å². The maximum absolute atomic E-state index is 12.2. The van der Waals surface area contributed by atoms with E-state index in [0.29, 0.717) is 26.0 Å². The van der Waals surface area contributed by atoms with E-state index < -0.39 is 11.5 Å². The van der Waals surface area contributed by atoms with Crippen molar-refractivity contribution in [3.05, 3.63) is 0 Å². The monoisotopic (exact) mass is 242 g/mol. The van der Waals surface area contributed by atoms with Gasteiger partial charge in [0, 0.05) is 6.54 Å². The molecule has 2 rings (SSSR count). The first-order valence-electron chi connectivity index (χ1n) is 5.92. The van der Waals surface area contributed by atoms with Crippen molar-refractivity contribution >= 4 is 11.9 Å². The molecule has 1 aliphatic carbocycles. The lowest BCUT2D eigenvalue weighted by Crippen LogP contribution is -2.63. The van der Waals surface area contributed by atoms with E-state index >= 15 is 0 Å². The van der Waals surface area contributed by atoms with Gasteiger partial charge in [-0.05, 0) is 19.3 Å². The normalized spacial score (nSPS) is 27.4. The van der Waals surface area contributed by atoms with Gasteiger partial charge >= 0.3 is 5.97 Å². The molecule has 1 amide bonds. The molecule has 0 bridgehead atoms. The third-order valence-electron chi connectivity index (χ3n) is 3.57. The van der Waals surface area contributed by atoms with Gasteiger partial charge in [0.15, 0.2) is 0 Å². The van der Waals surface area contributed by atoms with Crippen LogP contribution in [-0.2, 0) is 14.3 Å². The summed E-state index contributed by atoms with van der Waals surface area (Å²) in [5, 5.41) is 8.81. The van der Waals surface area contributed by atoms with Crippen LogP contribution >= 0.6 is 0 Å². The summed E-state index contributed by atoms with van der Waals surface area (Å²) < 4.78 is 5.23. The second-order valence-corrected chi connectivity index (χ2v) is 4.83. The molecule has 6 nitrogen and oxygen atoms in total. The van der Waals surface area contributed by atoms with E-state index in [9.17, 15) is 9.59 Å². The van der Waals surface area contributed by atoms with E-state index in [1.165, 1.54) is 0 Å². The molecule has 0 spiro atoms. The van der Waals surface area contributed by atoms with Crippen LogP contribution in [0.15, 0.2) is 0 Å². The molecule has 17 heavy (non-hydrogen) atoms. The Balaban J connectivity index is 2.05. The van der Waals surface area contributed by atoms with Crippen LogP contribution in [0.3, 0.4) is 0 Å². The molecular formula is C11H18N2O4. The summed E-state index contributed by atoms with van der Waals surface area (Å²) in [4.78, 5) is 24.6. The van der Waals surface area contributed by atoms with Crippen LogP contribution in [0.25, 0.3) is 0 Å². The van der Waals surface area contributed by atoms with Crippen LogP contribution in [0, 0.1) is 0 Å². The largest absolute Gasteiger partial charge is 0.481 e. The maximum Gasteiger partial charge on any atom is 0.305 e. The molecule has 0 aromatic heterocycles. The lowest BCUT2D eigenvalue weighted by atomic mass is 9.76. The third-order valence-corrected chi connectivity index (χ3v) is 3.57. The minimum Gasteiger partial charge on any atom is -0.481 e. The molecule has 1 aliphatic heterocycles. The number of hydrogen-bond acceptors (Lipinski definition) is 4. The van der Waals surface area contributed by atoms with E-state index in [-0.39, 0.29) is 25.0 Å². The highest BCUT2D eigenvalue weighted by Gasteiger charge is 2.45. The number of nitrogens with zero attached hydrogens (tertiary/aromatic N) is 1. The molecule has 1 unspecified atom stereocenters. The van der Waals surface area contributed by atoms with Gasteiger partial charge in [0.1, 0.15) is 0 Å². The average Bonchev–Trinajstić information content (AvgIpc) is 2.25. The van der Waals surface area contributed by atoms with Crippen molar-refractivity contribution in [1.82, 2.24) is 4.90 Å². The Bertz CT molecular complexity index is 327. The first kappa shape index (κ1) is 12.3. The number of rotatable bonds is 3. The van der Waals surface area contributed by atoms with Gasteiger partial charge in [-0.25, -0.2) is 0 Å². The Labute approximate surface area is 99.7 Å². The van der Waals surface area contributed by atoms with Crippen LogP contribution in [0.4, 0.5) is 0 Å². The molecule has 0 aromatic rings. The van der Waals surface area contributed by atoms with Gasteiger partial charge in [-0.1, -0.05) is 0 Å². The van der Waals surface area contributed by atoms with Crippen molar-refractivity contribution in [3.8, 4) is 0 Å². The number of ether oxygens (including phenoxy) is 1. The number of carbonyl (C=O) groups excluding carboxylic acids is 1. The van der Waals surface area contributed by atoms with Gasteiger partial charge in [-0.15, -0.1) is 0 Å². The molecule has 0 radical (unpaired) electrons. The molecule has 1 heterocycles. The quantitative estimate of drug-likeness (QED) is 0.700. The summed E-state index contributed by atoms with van der Waals surface area (Å²) in [7, 11) is 0. The SMILES string of the molecule is NC1(C(=O)N2CCOCC2CC(=O)O)CCC1. The summed E-state index contributed by atoms with van der Waals surface area (Å²) in [6, 6.07) is -0.380. The third kappa shape index (κ3) is 2.42. The highest BCUT2D eigenvalue weighted by Crippen LogP contribution is 2.32. The molecule has 3 N–H and O–H groups in total. The fourth-order valence-electron chi connectivity index (χ4n) is 2.35. The number of morpholine rings is 1. The zero-order valence-electron chi connectivity index (χ0n) is 9.72. The Hall–Kier alpha value is -1.14. The van der Waals surface area contributed by atoms with Crippen molar-refractivity contribution in [2.45, 2.75) is 37.3 Å². The van der Waals surface area contributed by atoms with Gasteiger partial charge in [0.25, 0.3) is 0 Å². The zero-order chi connectivity index (χ0) is 12.5. The van der Waals surface area contributed by atoms with E-state index in [0.717, 1.165) is 6.42 Å². The Morgan fingerprint density at radius 1 is 1.47 bits per heavy atom. The van der Waals surface area contributed by atoms with Crippen LogP contribution in [-0.4, -0.2) is 53.2 Å². The smallest absolute Gasteiger partial charge is 0.305 e. The average molecular weight is 242 g/mol. The minimum atomic E-state index is -0.919. The summed E-state index contributed by atoms with van der Waals surface area (Å²) >= 11 is 0. The van der Waals surface area contributed by atoms with Crippen molar-refractivity contribution in [3.63, 3.8) is 0 Å². The van der Waals surface area contributed by atoms with Crippen LogP contribution in [0.5, 0.6) is 0 Å². The predicted octanol–water partition coefficient (Wildman–Crippen LogP) is -0.430. The van der Waals surface area contributed by atoms with Crippen LogP contribution in [0.1, 0.15) is 25.7 Å². The van der Waals surface area contributed by atoms with E-state index in [1.54, 1.807) is 4.90 Å². The Morgan fingerprint density at radius 3 is 2.71 bits per heavy atom. The number of hydrogen-bond donors (Lipinski definition) is 2. The molecule has 2 aliphatic rings. The summed E-state index contributed by atoms with van der Waals surface area (Å²) in [5.74, 6) is -1.03. The first-order valence-corrected chi connectivity index (χ1v) is 5.92. The summed E-state index contributed by atoms with van der Waals surface area (Å²) in [6.45, 7) is 1.18. The lowest BCUT2D eigenvalue weighted by molar-refractivity contribution is -0.152. The van der Waals surface area contributed by atoms with Crippen molar-refractivity contribution < 1.29 is 19.4 Å². The van der Waals surface area contributed by atoms with Gasteiger partial charge in [0.2, 0.25) is 5.91 Å². The lowest BCUT2D eigenvalue weighted by Gasteiger charge is -2.44. The fraction of sp³-hybridized carbons (Fsp3) is 0.818.